The van der Waals surface area contributed by atoms with E-state index in [-0.39, 0.29) is 11.7 Å². The highest BCUT2D eigenvalue weighted by molar-refractivity contribution is 7.80. The fourth-order valence-corrected chi connectivity index (χ4v) is 1.28. The van der Waals surface area contributed by atoms with Gasteiger partial charge in [0.2, 0.25) is 0 Å². The van der Waals surface area contributed by atoms with Gasteiger partial charge in [-0.2, -0.15) is 0 Å². The van der Waals surface area contributed by atoms with Gasteiger partial charge in [0.1, 0.15) is 18.3 Å². The summed E-state index contributed by atoms with van der Waals surface area (Å²) in [5.74, 6) is 0. The van der Waals surface area contributed by atoms with Gasteiger partial charge in [-0.25, -0.2) is 0 Å². The van der Waals surface area contributed by atoms with Crippen molar-refractivity contribution in [1.29, 1.82) is 0 Å². The van der Waals surface area contributed by atoms with E-state index in [1.807, 2.05) is 0 Å². The van der Waals surface area contributed by atoms with Crippen LogP contribution >= 0.6 is 12.2 Å². The molecule has 7 N–H and O–H groups in total. The zero-order chi connectivity index (χ0) is 14.1. The van der Waals surface area contributed by atoms with E-state index in [2.05, 4.69) is 17.2 Å². The van der Waals surface area contributed by atoms with E-state index >= 15 is 0 Å². The first-order chi connectivity index (χ1) is 8.43. The minimum Gasteiger partial charge on any atom is -0.394 e. The molecule has 18 heavy (non-hydrogen) atoms. The van der Waals surface area contributed by atoms with E-state index in [9.17, 15) is 15.3 Å². The summed E-state index contributed by atoms with van der Waals surface area (Å²) in [6.07, 6.45) is -4.49. The standard InChI is InChI=1S/C10H20N2O5S/c1-2-3-11-10(18)12-4-6(14)8(16)9(17)7(15)5-13/h2,6-9,13-17H,1,3-5H2,(H2,11,12,18)/t6-,7+,8+,9+/m0/s1. The van der Waals surface area contributed by atoms with Gasteiger partial charge >= 0.3 is 0 Å². The summed E-state index contributed by atoms with van der Waals surface area (Å²) in [6.45, 7) is 3.12. The van der Waals surface area contributed by atoms with Crippen molar-refractivity contribution in [3.63, 3.8) is 0 Å². The van der Waals surface area contributed by atoms with E-state index in [4.69, 9.17) is 22.4 Å². The number of nitrogens with one attached hydrogen (secondary N) is 2. The first-order valence-electron chi connectivity index (χ1n) is 5.39. The van der Waals surface area contributed by atoms with Gasteiger partial charge in [-0.1, -0.05) is 6.08 Å². The predicted octanol–water partition coefficient (Wildman–Crippen LogP) is -2.93. The molecule has 0 bridgehead atoms. The second-order valence-electron chi connectivity index (χ2n) is 3.68. The normalized spacial score (nSPS) is 17.4. The average molecular weight is 280 g/mol. The first-order valence-corrected chi connectivity index (χ1v) is 5.80. The van der Waals surface area contributed by atoms with Crippen LogP contribution in [0.4, 0.5) is 0 Å². The Morgan fingerprint density at radius 2 is 1.67 bits per heavy atom. The van der Waals surface area contributed by atoms with E-state index in [1.54, 1.807) is 6.08 Å². The van der Waals surface area contributed by atoms with Crippen LogP contribution in [0.3, 0.4) is 0 Å². The van der Waals surface area contributed by atoms with Gasteiger partial charge in [0.25, 0.3) is 0 Å². The number of hydrogen-bond acceptors (Lipinski definition) is 6. The van der Waals surface area contributed by atoms with Gasteiger partial charge in [0.15, 0.2) is 5.11 Å². The molecular formula is C10H20N2O5S. The van der Waals surface area contributed by atoms with Gasteiger partial charge in [-0.05, 0) is 12.2 Å². The lowest BCUT2D eigenvalue weighted by molar-refractivity contribution is -0.113. The van der Waals surface area contributed by atoms with Crippen LogP contribution in [0.2, 0.25) is 0 Å². The quantitative estimate of drug-likeness (QED) is 0.186. The lowest BCUT2D eigenvalue weighted by atomic mass is 10.0. The smallest absolute Gasteiger partial charge is 0.166 e. The Labute approximate surface area is 111 Å². The molecule has 106 valence electrons. The molecule has 0 aliphatic carbocycles. The fraction of sp³-hybridized carbons (Fsp3) is 0.700. The summed E-state index contributed by atoms with van der Waals surface area (Å²) >= 11 is 4.85. The van der Waals surface area contributed by atoms with Gasteiger partial charge < -0.3 is 36.2 Å². The number of aliphatic hydroxyl groups excluding tert-OH is 5. The Morgan fingerprint density at radius 1 is 1.11 bits per heavy atom. The zero-order valence-electron chi connectivity index (χ0n) is 9.86. The van der Waals surface area contributed by atoms with Crippen LogP contribution in [-0.4, -0.2) is 74.8 Å². The largest absolute Gasteiger partial charge is 0.394 e. The summed E-state index contributed by atoms with van der Waals surface area (Å²) in [7, 11) is 0. The summed E-state index contributed by atoms with van der Waals surface area (Å²) in [6, 6.07) is 0. The molecule has 0 aromatic heterocycles. The highest BCUT2D eigenvalue weighted by Gasteiger charge is 2.29. The van der Waals surface area contributed by atoms with Crippen molar-refractivity contribution in [3.05, 3.63) is 12.7 Å². The maximum absolute atomic E-state index is 9.53. The summed E-state index contributed by atoms with van der Waals surface area (Å²) < 4.78 is 0. The number of aliphatic hydroxyl groups is 5. The van der Waals surface area contributed by atoms with E-state index in [0.717, 1.165) is 0 Å². The van der Waals surface area contributed by atoms with Crippen LogP contribution < -0.4 is 10.6 Å². The van der Waals surface area contributed by atoms with Crippen LogP contribution in [0.25, 0.3) is 0 Å². The monoisotopic (exact) mass is 280 g/mol. The predicted molar refractivity (Wildman–Crippen MR) is 69.9 cm³/mol. The fourth-order valence-electron chi connectivity index (χ4n) is 1.11. The molecule has 0 unspecified atom stereocenters. The number of rotatable bonds is 8. The maximum Gasteiger partial charge on any atom is 0.166 e. The second-order valence-corrected chi connectivity index (χ2v) is 4.09. The molecule has 0 aromatic rings. The number of hydrogen-bond donors (Lipinski definition) is 7. The first kappa shape index (κ1) is 17.2. The highest BCUT2D eigenvalue weighted by Crippen LogP contribution is 2.04. The van der Waals surface area contributed by atoms with Crippen LogP contribution in [0, 0.1) is 0 Å². The third kappa shape index (κ3) is 6.24. The van der Waals surface area contributed by atoms with Crippen LogP contribution in [0.1, 0.15) is 0 Å². The molecule has 0 amide bonds. The maximum atomic E-state index is 9.53. The van der Waals surface area contributed by atoms with Gasteiger partial charge in [0, 0.05) is 13.1 Å². The van der Waals surface area contributed by atoms with Gasteiger partial charge in [-0.15, -0.1) is 6.58 Å². The van der Waals surface area contributed by atoms with Crippen molar-refractivity contribution < 1.29 is 25.5 Å². The molecule has 0 heterocycles. The number of thiocarbonyl (C=S) groups is 1. The SMILES string of the molecule is C=CCNC(=S)NC[C@H](O)[C@@H](O)[C@H](O)[C@H](O)CO. The van der Waals surface area contributed by atoms with Crippen molar-refractivity contribution in [3.8, 4) is 0 Å². The van der Waals surface area contributed by atoms with Gasteiger partial charge in [-0.3, -0.25) is 0 Å². The topological polar surface area (TPSA) is 125 Å². The Kier molecular flexibility index (Phi) is 8.81. The van der Waals surface area contributed by atoms with Crippen molar-refractivity contribution >= 4 is 17.3 Å². The molecule has 0 radical (unpaired) electrons. The molecule has 8 heteroatoms. The average Bonchev–Trinajstić information content (AvgIpc) is 2.39. The molecule has 0 aromatic carbocycles. The minimum atomic E-state index is -1.64. The minimum absolute atomic E-state index is 0.112. The lowest BCUT2D eigenvalue weighted by Gasteiger charge is -2.26. The van der Waals surface area contributed by atoms with Crippen molar-refractivity contribution in [2.45, 2.75) is 24.4 Å². The van der Waals surface area contributed by atoms with Crippen molar-refractivity contribution in [1.82, 2.24) is 10.6 Å². The van der Waals surface area contributed by atoms with Crippen LogP contribution in [0.5, 0.6) is 0 Å². The molecule has 0 rings (SSSR count). The molecule has 0 spiro atoms. The highest BCUT2D eigenvalue weighted by atomic mass is 32.1. The van der Waals surface area contributed by atoms with E-state index in [1.165, 1.54) is 0 Å². The summed E-state index contributed by atoms with van der Waals surface area (Å²) in [5.41, 5.74) is 0. The molecule has 0 saturated carbocycles. The second kappa shape index (κ2) is 9.20. The Balaban J connectivity index is 4.04. The Bertz CT molecular complexity index is 267. The van der Waals surface area contributed by atoms with E-state index in [0.29, 0.717) is 6.54 Å². The van der Waals surface area contributed by atoms with Crippen molar-refractivity contribution in [2.75, 3.05) is 19.7 Å². The third-order valence-corrected chi connectivity index (χ3v) is 2.49. The molecule has 0 fully saturated rings. The third-order valence-electron chi connectivity index (χ3n) is 2.20. The van der Waals surface area contributed by atoms with E-state index < -0.39 is 31.0 Å². The summed E-state index contributed by atoms with van der Waals surface area (Å²) in [5, 5.41) is 51.7. The zero-order valence-corrected chi connectivity index (χ0v) is 10.7. The molecule has 4 atom stereocenters. The molecule has 0 aliphatic rings. The molecular weight excluding hydrogens is 260 g/mol. The molecule has 7 nitrogen and oxygen atoms in total. The van der Waals surface area contributed by atoms with Crippen molar-refractivity contribution in [2.24, 2.45) is 0 Å². The Hall–Kier alpha value is -0.770. The molecule has 0 aliphatic heterocycles. The van der Waals surface area contributed by atoms with Crippen LogP contribution in [-0.2, 0) is 0 Å². The summed E-state index contributed by atoms with van der Waals surface area (Å²) in [4.78, 5) is 0. The Morgan fingerprint density at radius 3 is 2.17 bits per heavy atom. The van der Waals surface area contributed by atoms with Crippen LogP contribution in [0.15, 0.2) is 12.7 Å². The molecule has 0 saturated heterocycles. The van der Waals surface area contributed by atoms with Gasteiger partial charge in [0.05, 0.1) is 12.7 Å². The lowest BCUT2D eigenvalue weighted by Crippen LogP contribution is -2.50.